The number of carbonyl (C=O) groups is 1. The summed E-state index contributed by atoms with van der Waals surface area (Å²) in [5.74, 6) is -0.257. The smallest absolute Gasteiger partial charge is 0.344 e. The number of hydrogen-bond donors (Lipinski definition) is 2. The minimum atomic E-state index is -0.928. The second-order valence-corrected chi connectivity index (χ2v) is 4.45. The molecule has 0 fully saturated rings. The van der Waals surface area contributed by atoms with E-state index < -0.39 is 12.1 Å². The van der Waals surface area contributed by atoms with E-state index in [4.69, 9.17) is 15.6 Å². The van der Waals surface area contributed by atoms with Gasteiger partial charge in [-0.15, -0.1) is 0 Å². The Morgan fingerprint density at radius 2 is 1.94 bits per heavy atom. The average molecular weight is 251 g/mol. The molecule has 0 heterocycles. The predicted octanol–water partition coefficient (Wildman–Crippen LogP) is 2.05. The molecule has 18 heavy (non-hydrogen) atoms. The van der Waals surface area contributed by atoms with Crippen LogP contribution < -0.4 is 10.5 Å². The molecule has 1 aromatic carbocycles. The molecule has 4 heteroatoms. The SMILES string of the molecule is CCC(Oc1c(C)cc(CCN)cc1C)C(=O)O. The second kappa shape index (κ2) is 6.40. The van der Waals surface area contributed by atoms with Crippen molar-refractivity contribution in [2.75, 3.05) is 6.54 Å². The van der Waals surface area contributed by atoms with Gasteiger partial charge in [-0.2, -0.15) is 0 Å². The minimum Gasteiger partial charge on any atom is -0.479 e. The maximum absolute atomic E-state index is 11.0. The lowest BCUT2D eigenvalue weighted by Gasteiger charge is -2.18. The molecule has 0 aliphatic heterocycles. The lowest BCUT2D eigenvalue weighted by Crippen LogP contribution is -2.26. The van der Waals surface area contributed by atoms with Crippen LogP contribution in [0.1, 0.15) is 30.0 Å². The van der Waals surface area contributed by atoms with E-state index in [2.05, 4.69) is 0 Å². The third kappa shape index (κ3) is 3.47. The van der Waals surface area contributed by atoms with E-state index in [1.54, 1.807) is 6.92 Å². The van der Waals surface area contributed by atoms with Crippen LogP contribution in [0.5, 0.6) is 5.75 Å². The Bertz CT molecular complexity index is 406. The summed E-state index contributed by atoms with van der Waals surface area (Å²) in [6, 6.07) is 4.01. The van der Waals surface area contributed by atoms with Crippen LogP contribution in [-0.4, -0.2) is 23.7 Å². The number of aliphatic carboxylic acids is 1. The molecule has 0 aliphatic rings. The number of rotatable bonds is 6. The molecule has 0 bridgehead atoms. The first-order chi connectivity index (χ1) is 8.49. The molecule has 0 aliphatic carbocycles. The number of nitrogens with two attached hydrogens (primary N) is 1. The molecule has 1 atom stereocenters. The van der Waals surface area contributed by atoms with Crippen LogP contribution in [0, 0.1) is 13.8 Å². The van der Waals surface area contributed by atoms with Crippen LogP contribution in [0.4, 0.5) is 0 Å². The summed E-state index contributed by atoms with van der Waals surface area (Å²) >= 11 is 0. The Hall–Kier alpha value is -1.55. The molecule has 0 amide bonds. The number of aryl methyl sites for hydroxylation is 2. The molecule has 1 unspecified atom stereocenters. The average Bonchev–Trinajstić information content (AvgIpc) is 2.28. The predicted molar refractivity (Wildman–Crippen MR) is 71.0 cm³/mol. The van der Waals surface area contributed by atoms with Crippen molar-refractivity contribution >= 4 is 5.97 Å². The van der Waals surface area contributed by atoms with Gasteiger partial charge in [0, 0.05) is 0 Å². The molecule has 0 aromatic heterocycles. The summed E-state index contributed by atoms with van der Waals surface area (Å²) in [7, 11) is 0. The van der Waals surface area contributed by atoms with E-state index in [0.717, 1.165) is 23.1 Å². The van der Waals surface area contributed by atoms with E-state index in [0.29, 0.717) is 18.7 Å². The van der Waals surface area contributed by atoms with Crippen LogP contribution in [0.2, 0.25) is 0 Å². The van der Waals surface area contributed by atoms with Gasteiger partial charge in [0.2, 0.25) is 0 Å². The number of benzene rings is 1. The summed E-state index contributed by atoms with van der Waals surface area (Å²) in [5.41, 5.74) is 8.60. The molecule has 1 aromatic rings. The second-order valence-electron chi connectivity index (χ2n) is 4.45. The molecule has 0 spiro atoms. The first kappa shape index (κ1) is 14.5. The molecule has 4 nitrogen and oxygen atoms in total. The van der Waals surface area contributed by atoms with Crippen LogP contribution in [-0.2, 0) is 11.2 Å². The summed E-state index contributed by atoms with van der Waals surface area (Å²) < 4.78 is 5.59. The van der Waals surface area contributed by atoms with Crippen molar-refractivity contribution in [1.82, 2.24) is 0 Å². The standard InChI is InChI=1S/C14H21NO3/c1-4-12(14(16)17)18-13-9(2)7-11(5-6-15)8-10(13)3/h7-8,12H,4-6,15H2,1-3H3,(H,16,17). The highest BCUT2D eigenvalue weighted by Crippen LogP contribution is 2.26. The van der Waals surface area contributed by atoms with E-state index in [-0.39, 0.29) is 0 Å². The lowest BCUT2D eigenvalue weighted by atomic mass is 10.0. The van der Waals surface area contributed by atoms with E-state index >= 15 is 0 Å². The molecule has 3 N–H and O–H groups in total. The highest BCUT2D eigenvalue weighted by Gasteiger charge is 2.19. The fraction of sp³-hybridized carbons (Fsp3) is 0.500. The van der Waals surface area contributed by atoms with Gasteiger partial charge in [-0.25, -0.2) is 4.79 Å². The van der Waals surface area contributed by atoms with E-state index in [1.165, 1.54) is 0 Å². The summed E-state index contributed by atoms with van der Waals surface area (Å²) in [5, 5.41) is 9.01. The zero-order chi connectivity index (χ0) is 13.7. The van der Waals surface area contributed by atoms with Crippen molar-refractivity contribution in [3.8, 4) is 5.75 Å². The monoisotopic (exact) mass is 251 g/mol. The zero-order valence-electron chi connectivity index (χ0n) is 11.2. The van der Waals surface area contributed by atoms with Gasteiger partial charge >= 0.3 is 5.97 Å². The highest BCUT2D eigenvalue weighted by molar-refractivity contribution is 5.72. The summed E-state index contributed by atoms with van der Waals surface area (Å²) in [4.78, 5) is 11.0. The van der Waals surface area contributed by atoms with Crippen molar-refractivity contribution in [2.45, 2.75) is 39.7 Å². The zero-order valence-corrected chi connectivity index (χ0v) is 11.2. The fourth-order valence-corrected chi connectivity index (χ4v) is 1.99. The largest absolute Gasteiger partial charge is 0.479 e. The molecular weight excluding hydrogens is 230 g/mol. The van der Waals surface area contributed by atoms with Gasteiger partial charge in [-0.3, -0.25) is 0 Å². The minimum absolute atomic E-state index is 0.443. The van der Waals surface area contributed by atoms with Crippen molar-refractivity contribution in [1.29, 1.82) is 0 Å². The fourth-order valence-electron chi connectivity index (χ4n) is 1.99. The van der Waals surface area contributed by atoms with Gasteiger partial charge in [0.25, 0.3) is 0 Å². The number of carboxylic acid groups (broad SMARTS) is 1. The quantitative estimate of drug-likeness (QED) is 0.811. The van der Waals surface area contributed by atoms with Gasteiger partial charge in [-0.1, -0.05) is 19.1 Å². The van der Waals surface area contributed by atoms with Crippen LogP contribution in [0.3, 0.4) is 0 Å². The van der Waals surface area contributed by atoms with Crippen molar-refractivity contribution < 1.29 is 14.6 Å². The topological polar surface area (TPSA) is 72.5 Å². The molecule has 100 valence electrons. The first-order valence-corrected chi connectivity index (χ1v) is 6.19. The third-order valence-corrected chi connectivity index (χ3v) is 2.86. The van der Waals surface area contributed by atoms with Crippen LogP contribution >= 0.6 is 0 Å². The number of hydrogen-bond acceptors (Lipinski definition) is 3. The molecule has 1 rings (SSSR count). The maximum Gasteiger partial charge on any atom is 0.344 e. The Morgan fingerprint density at radius 1 is 1.39 bits per heavy atom. The van der Waals surface area contributed by atoms with Crippen molar-refractivity contribution in [2.24, 2.45) is 5.73 Å². The Kier molecular flexibility index (Phi) is 5.16. The molecule has 0 saturated heterocycles. The Labute approximate surface area is 108 Å². The van der Waals surface area contributed by atoms with Crippen molar-refractivity contribution in [3.05, 3.63) is 28.8 Å². The van der Waals surface area contributed by atoms with Gasteiger partial charge in [0.1, 0.15) is 5.75 Å². The lowest BCUT2D eigenvalue weighted by molar-refractivity contribution is -0.145. The number of carboxylic acids is 1. The maximum atomic E-state index is 11.0. The van der Waals surface area contributed by atoms with Crippen LogP contribution in [0.15, 0.2) is 12.1 Å². The normalized spacial score (nSPS) is 12.2. The Morgan fingerprint density at radius 3 is 2.33 bits per heavy atom. The Balaban J connectivity index is 2.99. The van der Waals surface area contributed by atoms with E-state index in [1.807, 2.05) is 26.0 Å². The van der Waals surface area contributed by atoms with Gasteiger partial charge < -0.3 is 15.6 Å². The van der Waals surface area contributed by atoms with Gasteiger partial charge in [0.15, 0.2) is 6.10 Å². The summed E-state index contributed by atoms with van der Waals surface area (Å²) in [6.45, 7) is 6.26. The molecular formula is C14H21NO3. The number of ether oxygens (including phenoxy) is 1. The van der Waals surface area contributed by atoms with E-state index in [9.17, 15) is 4.79 Å². The molecule has 0 saturated carbocycles. The highest BCUT2D eigenvalue weighted by atomic mass is 16.5. The van der Waals surface area contributed by atoms with Gasteiger partial charge in [-0.05, 0) is 49.9 Å². The van der Waals surface area contributed by atoms with Crippen LogP contribution in [0.25, 0.3) is 0 Å². The van der Waals surface area contributed by atoms with Crippen molar-refractivity contribution in [3.63, 3.8) is 0 Å². The summed E-state index contributed by atoms with van der Waals surface area (Å²) in [6.07, 6.45) is 0.472. The first-order valence-electron chi connectivity index (χ1n) is 6.19. The third-order valence-electron chi connectivity index (χ3n) is 2.86. The van der Waals surface area contributed by atoms with Gasteiger partial charge in [0.05, 0.1) is 0 Å². The molecule has 0 radical (unpaired) electrons.